The van der Waals surface area contributed by atoms with Crippen molar-refractivity contribution < 1.29 is 5.11 Å². The van der Waals surface area contributed by atoms with Gasteiger partial charge in [0.1, 0.15) is 0 Å². The standard InChI is InChI=1S/C12H18ClN3O/c13-12-6-5-10(14-15-12)9-16(7-2-8-17)11-3-1-4-11/h5-6,11,17H,1-4,7-9H2. The van der Waals surface area contributed by atoms with Crippen LogP contribution in [0.3, 0.4) is 0 Å². The Balaban J connectivity index is 1.93. The zero-order chi connectivity index (χ0) is 12.1. The van der Waals surface area contributed by atoms with E-state index in [0.717, 1.165) is 25.2 Å². The molecule has 0 spiro atoms. The molecule has 0 radical (unpaired) electrons. The molecule has 1 aliphatic carbocycles. The summed E-state index contributed by atoms with van der Waals surface area (Å²) in [6.07, 6.45) is 4.64. The van der Waals surface area contributed by atoms with Gasteiger partial charge in [-0.05, 0) is 31.4 Å². The molecule has 1 aromatic heterocycles. The molecule has 0 atom stereocenters. The van der Waals surface area contributed by atoms with Gasteiger partial charge in [0, 0.05) is 25.7 Å². The van der Waals surface area contributed by atoms with E-state index in [4.69, 9.17) is 16.7 Å². The molecule has 0 bridgehead atoms. The maximum atomic E-state index is 8.92. The molecule has 1 fully saturated rings. The molecule has 94 valence electrons. The number of rotatable bonds is 6. The number of aliphatic hydroxyl groups is 1. The molecule has 0 amide bonds. The molecule has 1 heterocycles. The molecule has 0 unspecified atom stereocenters. The number of halogens is 1. The Labute approximate surface area is 107 Å². The van der Waals surface area contributed by atoms with Crippen LogP contribution in [0.2, 0.25) is 5.15 Å². The molecule has 1 N–H and O–H groups in total. The second-order valence-corrected chi connectivity index (χ2v) is 4.87. The van der Waals surface area contributed by atoms with Crippen LogP contribution >= 0.6 is 11.6 Å². The Hall–Kier alpha value is -0.710. The normalized spacial score (nSPS) is 16.2. The van der Waals surface area contributed by atoms with Crippen molar-refractivity contribution in [2.45, 2.75) is 38.3 Å². The van der Waals surface area contributed by atoms with Gasteiger partial charge in [-0.15, -0.1) is 5.10 Å². The monoisotopic (exact) mass is 255 g/mol. The van der Waals surface area contributed by atoms with Gasteiger partial charge < -0.3 is 5.11 Å². The summed E-state index contributed by atoms with van der Waals surface area (Å²) in [6.45, 7) is 1.97. The lowest BCUT2D eigenvalue weighted by Gasteiger charge is -2.37. The summed E-state index contributed by atoms with van der Waals surface area (Å²) in [5.41, 5.74) is 0.944. The van der Waals surface area contributed by atoms with E-state index in [1.807, 2.05) is 6.07 Å². The van der Waals surface area contributed by atoms with Crippen molar-refractivity contribution in [1.82, 2.24) is 15.1 Å². The average molecular weight is 256 g/mol. The maximum absolute atomic E-state index is 8.92. The SMILES string of the molecule is OCCCN(Cc1ccc(Cl)nn1)C1CCC1. The highest BCUT2D eigenvalue weighted by Gasteiger charge is 2.24. The fourth-order valence-corrected chi connectivity index (χ4v) is 2.15. The van der Waals surface area contributed by atoms with Crippen molar-refractivity contribution in [2.75, 3.05) is 13.2 Å². The van der Waals surface area contributed by atoms with E-state index < -0.39 is 0 Å². The minimum absolute atomic E-state index is 0.246. The van der Waals surface area contributed by atoms with Gasteiger partial charge in [-0.3, -0.25) is 4.90 Å². The van der Waals surface area contributed by atoms with Crippen LogP contribution in [-0.2, 0) is 6.54 Å². The first-order valence-corrected chi connectivity index (χ1v) is 6.50. The smallest absolute Gasteiger partial charge is 0.151 e. The molecule has 0 aromatic carbocycles. The topological polar surface area (TPSA) is 49.2 Å². The van der Waals surface area contributed by atoms with E-state index in [2.05, 4.69) is 15.1 Å². The molecule has 17 heavy (non-hydrogen) atoms. The van der Waals surface area contributed by atoms with Crippen LogP contribution in [0.25, 0.3) is 0 Å². The van der Waals surface area contributed by atoms with Gasteiger partial charge >= 0.3 is 0 Å². The number of aliphatic hydroxyl groups excluding tert-OH is 1. The highest BCUT2D eigenvalue weighted by molar-refractivity contribution is 6.29. The van der Waals surface area contributed by atoms with E-state index in [9.17, 15) is 0 Å². The van der Waals surface area contributed by atoms with Gasteiger partial charge in [0.05, 0.1) is 5.69 Å². The lowest BCUT2D eigenvalue weighted by Crippen LogP contribution is -2.40. The molecular formula is C12H18ClN3O. The van der Waals surface area contributed by atoms with Crippen LogP contribution in [-0.4, -0.2) is 39.4 Å². The Kier molecular flexibility index (Phi) is 4.71. The van der Waals surface area contributed by atoms with Crippen LogP contribution < -0.4 is 0 Å². The van der Waals surface area contributed by atoms with Crippen molar-refractivity contribution >= 4 is 11.6 Å². The van der Waals surface area contributed by atoms with E-state index in [1.54, 1.807) is 6.07 Å². The van der Waals surface area contributed by atoms with E-state index in [0.29, 0.717) is 11.2 Å². The Morgan fingerprint density at radius 3 is 2.71 bits per heavy atom. The summed E-state index contributed by atoms with van der Waals surface area (Å²) in [5.74, 6) is 0. The summed E-state index contributed by atoms with van der Waals surface area (Å²) < 4.78 is 0. The van der Waals surface area contributed by atoms with Gasteiger partial charge in [0.2, 0.25) is 0 Å². The fraction of sp³-hybridized carbons (Fsp3) is 0.667. The first kappa shape index (κ1) is 12.7. The summed E-state index contributed by atoms with van der Waals surface area (Å²) >= 11 is 5.71. The molecule has 4 nitrogen and oxygen atoms in total. The summed E-state index contributed by atoms with van der Waals surface area (Å²) in [4.78, 5) is 2.39. The molecule has 1 saturated carbocycles. The molecule has 0 aliphatic heterocycles. The molecule has 0 saturated heterocycles. The van der Waals surface area contributed by atoms with Gasteiger partial charge in [-0.1, -0.05) is 18.0 Å². The van der Waals surface area contributed by atoms with E-state index in [-0.39, 0.29) is 6.61 Å². The average Bonchev–Trinajstić information content (AvgIpc) is 2.26. The van der Waals surface area contributed by atoms with Gasteiger partial charge in [-0.2, -0.15) is 5.10 Å². The Bertz CT molecular complexity index is 340. The number of hydrogen-bond donors (Lipinski definition) is 1. The first-order valence-electron chi connectivity index (χ1n) is 6.12. The molecular weight excluding hydrogens is 238 g/mol. The lowest BCUT2D eigenvalue weighted by atomic mass is 9.91. The minimum Gasteiger partial charge on any atom is -0.396 e. The quantitative estimate of drug-likeness (QED) is 0.843. The van der Waals surface area contributed by atoms with E-state index >= 15 is 0 Å². The summed E-state index contributed by atoms with van der Waals surface area (Å²) in [7, 11) is 0. The van der Waals surface area contributed by atoms with Gasteiger partial charge in [-0.25, -0.2) is 0 Å². The Morgan fingerprint density at radius 2 is 2.18 bits per heavy atom. The second-order valence-electron chi connectivity index (χ2n) is 4.48. The highest BCUT2D eigenvalue weighted by Crippen LogP contribution is 2.26. The number of aromatic nitrogens is 2. The van der Waals surface area contributed by atoms with Crippen molar-refractivity contribution in [3.8, 4) is 0 Å². The van der Waals surface area contributed by atoms with Crippen molar-refractivity contribution in [1.29, 1.82) is 0 Å². The highest BCUT2D eigenvalue weighted by atomic mass is 35.5. The van der Waals surface area contributed by atoms with Gasteiger partial charge in [0.25, 0.3) is 0 Å². The second kappa shape index (κ2) is 6.28. The fourth-order valence-electron chi connectivity index (χ4n) is 2.05. The molecule has 2 rings (SSSR count). The van der Waals surface area contributed by atoms with Crippen LogP contribution in [0.4, 0.5) is 0 Å². The van der Waals surface area contributed by atoms with Crippen LogP contribution in [0.1, 0.15) is 31.4 Å². The van der Waals surface area contributed by atoms with Crippen LogP contribution in [0, 0.1) is 0 Å². The number of hydrogen-bond acceptors (Lipinski definition) is 4. The first-order chi connectivity index (χ1) is 8.29. The zero-order valence-electron chi connectivity index (χ0n) is 9.85. The minimum atomic E-state index is 0.246. The molecule has 1 aromatic rings. The van der Waals surface area contributed by atoms with Crippen LogP contribution in [0.5, 0.6) is 0 Å². The molecule has 1 aliphatic rings. The van der Waals surface area contributed by atoms with Crippen molar-refractivity contribution in [2.24, 2.45) is 0 Å². The third-order valence-corrected chi connectivity index (χ3v) is 3.45. The van der Waals surface area contributed by atoms with Gasteiger partial charge in [0.15, 0.2) is 5.15 Å². The predicted octanol–water partition coefficient (Wildman–Crippen LogP) is 1.87. The maximum Gasteiger partial charge on any atom is 0.151 e. The summed E-state index contributed by atoms with van der Waals surface area (Å²) in [6, 6.07) is 4.34. The Morgan fingerprint density at radius 1 is 1.35 bits per heavy atom. The lowest BCUT2D eigenvalue weighted by molar-refractivity contribution is 0.108. The summed E-state index contributed by atoms with van der Waals surface area (Å²) in [5, 5.41) is 17.3. The largest absolute Gasteiger partial charge is 0.396 e. The predicted molar refractivity (Wildman–Crippen MR) is 66.8 cm³/mol. The zero-order valence-corrected chi connectivity index (χ0v) is 10.6. The number of nitrogens with zero attached hydrogens (tertiary/aromatic N) is 3. The van der Waals surface area contributed by atoms with Crippen molar-refractivity contribution in [3.05, 3.63) is 23.0 Å². The molecule has 5 heteroatoms. The van der Waals surface area contributed by atoms with Crippen molar-refractivity contribution in [3.63, 3.8) is 0 Å². The third-order valence-electron chi connectivity index (χ3n) is 3.25. The van der Waals surface area contributed by atoms with E-state index in [1.165, 1.54) is 19.3 Å². The van der Waals surface area contributed by atoms with Crippen LogP contribution in [0.15, 0.2) is 12.1 Å². The third kappa shape index (κ3) is 3.63.